The molecule has 2 aromatic carbocycles. The van der Waals surface area contributed by atoms with Crippen molar-refractivity contribution in [1.29, 1.82) is 0 Å². The van der Waals surface area contributed by atoms with E-state index in [0.29, 0.717) is 17.1 Å². The van der Waals surface area contributed by atoms with Crippen molar-refractivity contribution in [3.63, 3.8) is 0 Å². The topological polar surface area (TPSA) is 59.0 Å². The summed E-state index contributed by atoms with van der Waals surface area (Å²) >= 11 is 0. The van der Waals surface area contributed by atoms with Crippen LogP contribution in [0.25, 0.3) is 0 Å². The second-order valence-corrected chi connectivity index (χ2v) is 6.93. The number of methoxy groups -OCH3 is 1. The van der Waals surface area contributed by atoms with E-state index in [1.165, 1.54) is 0 Å². The van der Waals surface area contributed by atoms with Gasteiger partial charge >= 0.3 is 0 Å². The summed E-state index contributed by atoms with van der Waals surface area (Å²) in [5.41, 5.74) is 1.70. The predicted molar refractivity (Wildman–Crippen MR) is 91.6 cm³/mol. The molecule has 5 nitrogen and oxygen atoms in total. The molecular weight excluding hydrogens is 312 g/mol. The van der Waals surface area contributed by atoms with Crippen LogP contribution in [0.4, 0.5) is 0 Å². The highest BCUT2D eigenvalue weighted by molar-refractivity contribution is 7.90. The number of ether oxygens (including phenoxy) is 1. The maximum absolute atomic E-state index is 12.5. The van der Waals surface area contributed by atoms with E-state index in [-0.39, 0.29) is 4.90 Å². The molecule has 0 unspecified atom stereocenters. The molecule has 0 N–H and O–H groups in total. The Morgan fingerprint density at radius 3 is 2.04 bits per heavy atom. The molecule has 0 heterocycles. The van der Waals surface area contributed by atoms with Gasteiger partial charge in [-0.2, -0.15) is 8.42 Å². The smallest absolute Gasteiger partial charge is 0.284 e. The van der Waals surface area contributed by atoms with E-state index < -0.39 is 10.0 Å². The highest BCUT2D eigenvalue weighted by Crippen LogP contribution is 2.17. The van der Waals surface area contributed by atoms with Gasteiger partial charge in [0.15, 0.2) is 0 Å². The molecule has 0 amide bonds. The third-order valence-corrected chi connectivity index (χ3v) is 4.58. The Morgan fingerprint density at radius 2 is 1.57 bits per heavy atom. The van der Waals surface area contributed by atoms with Gasteiger partial charge in [0.1, 0.15) is 11.6 Å². The zero-order valence-corrected chi connectivity index (χ0v) is 14.5. The summed E-state index contributed by atoms with van der Waals surface area (Å²) in [5.74, 6) is 1.07. The van der Waals surface area contributed by atoms with Crippen molar-refractivity contribution in [2.75, 3.05) is 21.2 Å². The van der Waals surface area contributed by atoms with Crippen molar-refractivity contribution in [2.24, 2.45) is 4.40 Å². The highest BCUT2D eigenvalue weighted by atomic mass is 32.2. The fourth-order valence-electron chi connectivity index (χ4n) is 2.01. The van der Waals surface area contributed by atoms with Crippen LogP contribution in [-0.4, -0.2) is 40.4 Å². The molecule has 2 rings (SSSR count). The summed E-state index contributed by atoms with van der Waals surface area (Å²) in [7, 11) is 1.33. The van der Waals surface area contributed by atoms with Gasteiger partial charge in [-0.1, -0.05) is 17.7 Å². The van der Waals surface area contributed by atoms with Gasteiger partial charge in [-0.25, -0.2) is 0 Å². The number of aryl methyl sites for hydroxylation is 1. The lowest BCUT2D eigenvalue weighted by Gasteiger charge is -2.16. The summed E-state index contributed by atoms with van der Waals surface area (Å²) in [6.45, 7) is 1.91. The van der Waals surface area contributed by atoms with Gasteiger partial charge < -0.3 is 9.64 Å². The second-order valence-electron chi connectivity index (χ2n) is 5.33. The van der Waals surface area contributed by atoms with E-state index in [2.05, 4.69) is 4.40 Å². The fourth-order valence-corrected chi connectivity index (χ4v) is 3.09. The minimum atomic E-state index is -3.77. The van der Waals surface area contributed by atoms with Gasteiger partial charge in [-0.05, 0) is 43.3 Å². The summed E-state index contributed by atoms with van der Waals surface area (Å²) < 4.78 is 34.2. The Balaban J connectivity index is 2.46. The Labute approximate surface area is 137 Å². The molecule has 0 aliphatic carbocycles. The zero-order valence-electron chi connectivity index (χ0n) is 13.6. The fraction of sp³-hybridized carbons (Fsp3) is 0.235. The van der Waals surface area contributed by atoms with Gasteiger partial charge in [-0.15, -0.1) is 4.40 Å². The van der Waals surface area contributed by atoms with Crippen LogP contribution < -0.4 is 4.74 Å². The first-order valence-corrected chi connectivity index (χ1v) is 8.51. The molecule has 2 aromatic rings. The third-order valence-electron chi connectivity index (χ3n) is 3.30. The number of amidine groups is 1. The van der Waals surface area contributed by atoms with E-state index in [1.807, 2.05) is 6.92 Å². The Morgan fingerprint density at radius 1 is 1.00 bits per heavy atom. The van der Waals surface area contributed by atoms with Gasteiger partial charge in [0, 0.05) is 19.7 Å². The number of sulfonamides is 1. The molecule has 0 radical (unpaired) electrons. The van der Waals surface area contributed by atoms with Crippen LogP contribution in [0.2, 0.25) is 0 Å². The molecule has 0 aliphatic rings. The lowest BCUT2D eigenvalue weighted by molar-refractivity contribution is 0.414. The van der Waals surface area contributed by atoms with Crippen molar-refractivity contribution in [3.05, 3.63) is 59.7 Å². The molecular formula is C17H20N2O3S. The lowest BCUT2D eigenvalue weighted by Crippen LogP contribution is -2.24. The molecule has 122 valence electrons. The molecule has 0 aromatic heterocycles. The standard InChI is InChI=1S/C17H20N2O3S/c1-13-5-11-16(12-6-13)23(20,21)18-17(19(2)3)14-7-9-15(22-4)10-8-14/h5-12H,1-4H3/b18-17+. The van der Waals surface area contributed by atoms with Crippen LogP contribution >= 0.6 is 0 Å². The molecule has 0 aliphatic heterocycles. The number of rotatable bonds is 4. The molecule has 0 fully saturated rings. The van der Waals surface area contributed by atoms with E-state index in [9.17, 15) is 8.42 Å². The molecule has 0 spiro atoms. The number of nitrogens with zero attached hydrogens (tertiary/aromatic N) is 2. The summed E-state index contributed by atoms with van der Waals surface area (Å²) in [5, 5.41) is 0. The van der Waals surface area contributed by atoms with Gasteiger partial charge in [0.2, 0.25) is 0 Å². The Bertz CT molecular complexity index is 793. The number of hydrogen-bond donors (Lipinski definition) is 0. The average molecular weight is 332 g/mol. The predicted octanol–water partition coefficient (Wildman–Crippen LogP) is 2.70. The zero-order chi connectivity index (χ0) is 17.0. The lowest BCUT2D eigenvalue weighted by atomic mass is 10.2. The van der Waals surface area contributed by atoms with Crippen molar-refractivity contribution in [3.8, 4) is 5.75 Å². The monoisotopic (exact) mass is 332 g/mol. The van der Waals surface area contributed by atoms with Crippen molar-refractivity contribution in [2.45, 2.75) is 11.8 Å². The molecule has 0 atom stereocenters. The quantitative estimate of drug-likeness (QED) is 0.638. The van der Waals surface area contributed by atoms with Gasteiger partial charge in [-0.3, -0.25) is 0 Å². The van der Waals surface area contributed by atoms with Crippen LogP contribution in [0.5, 0.6) is 5.75 Å². The van der Waals surface area contributed by atoms with E-state index in [4.69, 9.17) is 4.74 Å². The number of hydrogen-bond acceptors (Lipinski definition) is 3. The second kappa shape index (κ2) is 6.83. The summed E-state index contributed by atoms with van der Waals surface area (Å²) in [6.07, 6.45) is 0. The van der Waals surface area contributed by atoms with Crippen LogP contribution in [0.3, 0.4) is 0 Å². The minimum Gasteiger partial charge on any atom is -0.497 e. The average Bonchev–Trinajstić information content (AvgIpc) is 2.53. The molecule has 0 saturated carbocycles. The SMILES string of the molecule is COc1ccc(/C(=N\S(=O)(=O)c2ccc(C)cc2)N(C)C)cc1. The van der Waals surface area contributed by atoms with Crippen molar-refractivity contribution in [1.82, 2.24) is 4.90 Å². The first-order chi connectivity index (χ1) is 10.8. The Hall–Kier alpha value is -2.34. The van der Waals surface area contributed by atoms with Crippen molar-refractivity contribution < 1.29 is 13.2 Å². The first kappa shape index (κ1) is 17.0. The van der Waals surface area contributed by atoms with Crippen LogP contribution in [0, 0.1) is 6.92 Å². The van der Waals surface area contributed by atoms with Gasteiger partial charge in [0.25, 0.3) is 10.0 Å². The van der Waals surface area contributed by atoms with Gasteiger partial charge in [0.05, 0.1) is 12.0 Å². The van der Waals surface area contributed by atoms with E-state index in [0.717, 1.165) is 5.56 Å². The maximum Gasteiger partial charge on any atom is 0.284 e. The third kappa shape index (κ3) is 4.10. The summed E-state index contributed by atoms with van der Waals surface area (Å²) in [6, 6.07) is 13.7. The molecule has 0 saturated heterocycles. The number of benzene rings is 2. The molecule has 6 heteroatoms. The van der Waals surface area contributed by atoms with E-state index >= 15 is 0 Å². The summed E-state index contributed by atoms with van der Waals surface area (Å²) in [4.78, 5) is 1.85. The molecule has 0 bridgehead atoms. The largest absolute Gasteiger partial charge is 0.497 e. The molecule has 23 heavy (non-hydrogen) atoms. The van der Waals surface area contributed by atoms with E-state index in [1.54, 1.807) is 74.6 Å². The normalized spacial score (nSPS) is 12.1. The maximum atomic E-state index is 12.5. The Kier molecular flexibility index (Phi) is 5.05. The van der Waals surface area contributed by atoms with Crippen molar-refractivity contribution >= 4 is 15.9 Å². The van der Waals surface area contributed by atoms with Crippen LogP contribution in [-0.2, 0) is 10.0 Å². The highest BCUT2D eigenvalue weighted by Gasteiger charge is 2.16. The first-order valence-electron chi connectivity index (χ1n) is 7.07. The van der Waals surface area contributed by atoms with Crippen LogP contribution in [0.15, 0.2) is 57.8 Å². The van der Waals surface area contributed by atoms with Crippen LogP contribution in [0.1, 0.15) is 11.1 Å². The minimum absolute atomic E-state index is 0.177.